The molecule has 0 spiro atoms. The van der Waals surface area contributed by atoms with E-state index in [2.05, 4.69) is 4.98 Å². The molecule has 0 atom stereocenters. The van der Waals surface area contributed by atoms with E-state index in [9.17, 15) is 9.90 Å². The second-order valence-corrected chi connectivity index (χ2v) is 6.38. The summed E-state index contributed by atoms with van der Waals surface area (Å²) in [5.74, 6) is -0.0637. The van der Waals surface area contributed by atoms with Crippen LogP contribution in [0.4, 0.5) is 0 Å². The molecule has 1 fully saturated rings. The molecule has 1 saturated carbocycles. The summed E-state index contributed by atoms with van der Waals surface area (Å²) in [6.45, 7) is 0. The van der Waals surface area contributed by atoms with E-state index in [1.54, 1.807) is 11.3 Å². The third-order valence-electron chi connectivity index (χ3n) is 3.85. The normalized spacial score (nSPS) is 18.6. The number of ketones is 1. The topological polar surface area (TPSA) is 50.2 Å². The maximum absolute atomic E-state index is 12.3. The number of aliphatic hydroxyl groups is 1. The number of thiazole rings is 1. The number of fused-ring (bicyclic) bond motifs is 1. The van der Waals surface area contributed by atoms with Crippen LogP contribution in [0.3, 0.4) is 0 Å². The molecule has 4 heteroatoms. The van der Waals surface area contributed by atoms with Crippen molar-refractivity contribution in [2.45, 2.75) is 44.1 Å². The number of para-hydroxylation sites is 1. The first kappa shape index (κ1) is 12.8. The van der Waals surface area contributed by atoms with Gasteiger partial charge in [-0.2, -0.15) is 0 Å². The molecule has 3 rings (SSSR count). The minimum Gasteiger partial charge on any atom is -0.382 e. The molecule has 0 unspecified atom stereocenters. The van der Waals surface area contributed by atoms with Gasteiger partial charge in [0.05, 0.1) is 16.6 Å². The van der Waals surface area contributed by atoms with Crippen molar-refractivity contribution in [3.63, 3.8) is 0 Å². The second-order valence-electron chi connectivity index (χ2n) is 5.27. The van der Waals surface area contributed by atoms with Gasteiger partial charge in [0.2, 0.25) is 0 Å². The first-order chi connectivity index (χ1) is 9.17. The largest absolute Gasteiger partial charge is 0.382 e. The fraction of sp³-hybridized carbons (Fsp3) is 0.467. The van der Waals surface area contributed by atoms with Crippen LogP contribution in [0.2, 0.25) is 0 Å². The zero-order chi connectivity index (χ0) is 13.3. The summed E-state index contributed by atoms with van der Waals surface area (Å²) in [5.41, 5.74) is -0.165. The lowest BCUT2D eigenvalue weighted by atomic mass is 9.81. The van der Waals surface area contributed by atoms with Crippen molar-refractivity contribution >= 4 is 27.3 Å². The predicted molar refractivity (Wildman–Crippen MR) is 76.4 cm³/mol. The summed E-state index contributed by atoms with van der Waals surface area (Å²) in [6, 6.07) is 7.88. The standard InChI is InChI=1S/C15H17NO2S/c17-13(15(18)8-4-1-5-9-15)10-14-16-11-6-2-3-7-12(11)19-14/h2-3,6-7,18H,1,4-5,8-10H2. The highest BCUT2D eigenvalue weighted by molar-refractivity contribution is 7.18. The maximum Gasteiger partial charge on any atom is 0.171 e. The minimum absolute atomic E-state index is 0.0637. The predicted octanol–water partition coefficient (Wildman–Crippen LogP) is 3.10. The van der Waals surface area contributed by atoms with Crippen molar-refractivity contribution in [2.24, 2.45) is 0 Å². The lowest BCUT2D eigenvalue weighted by Gasteiger charge is -2.30. The Hall–Kier alpha value is -1.26. The quantitative estimate of drug-likeness (QED) is 0.936. The average molecular weight is 275 g/mol. The Morgan fingerprint density at radius 1 is 1.26 bits per heavy atom. The fourth-order valence-electron chi connectivity index (χ4n) is 2.71. The van der Waals surface area contributed by atoms with Gasteiger partial charge < -0.3 is 5.11 Å². The molecule has 1 aromatic heterocycles. The number of nitrogens with zero attached hydrogens (tertiary/aromatic N) is 1. The van der Waals surface area contributed by atoms with Crippen LogP contribution in [0.15, 0.2) is 24.3 Å². The van der Waals surface area contributed by atoms with Gasteiger partial charge in [0, 0.05) is 0 Å². The van der Waals surface area contributed by atoms with Gasteiger partial charge in [-0.25, -0.2) is 4.98 Å². The SMILES string of the molecule is O=C(Cc1nc2ccccc2s1)C1(O)CCCCC1. The van der Waals surface area contributed by atoms with Gasteiger partial charge in [-0.15, -0.1) is 11.3 Å². The zero-order valence-corrected chi connectivity index (χ0v) is 11.6. The van der Waals surface area contributed by atoms with E-state index in [1.165, 1.54) is 0 Å². The molecule has 19 heavy (non-hydrogen) atoms. The Bertz CT molecular complexity index is 566. The number of Topliss-reactive ketones (excluding diaryl/α,β-unsaturated/α-hetero) is 1. The van der Waals surface area contributed by atoms with E-state index in [0.717, 1.165) is 34.5 Å². The summed E-state index contributed by atoms with van der Waals surface area (Å²) in [4.78, 5) is 16.7. The first-order valence-electron chi connectivity index (χ1n) is 6.77. The summed E-state index contributed by atoms with van der Waals surface area (Å²) in [6.07, 6.45) is 4.49. The van der Waals surface area contributed by atoms with Crippen LogP contribution in [-0.2, 0) is 11.2 Å². The van der Waals surface area contributed by atoms with Crippen molar-refractivity contribution in [1.82, 2.24) is 4.98 Å². The summed E-state index contributed by atoms with van der Waals surface area (Å²) >= 11 is 1.55. The lowest BCUT2D eigenvalue weighted by Crippen LogP contribution is -2.41. The van der Waals surface area contributed by atoms with Crippen LogP contribution >= 0.6 is 11.3 Å². The number of carbonyl (C=O) groups is 1. The van der Waals surface area contributed by atoms with Crippen LogP contribution in [0.1, 0.15) is 37.1 Å². The number of carbonyl (C=O) groups excluding carboxylic acids is 1. The number of hydrogen-bond donors (Lipinski definition) is 1. The maximum atomic E-state index is 12.3. The lowest BCUT2D eigenvalue weighted by molar-refractivity contribution is -0.139. The van der Waals surface area contributed by atoms with E-state index < -0.39 is 5.60 Å². The Morgan fingerprint density at radius 2 is 2.00 bits per heavy atom. The Kier molecular flexibility index (Phi) is 3.37. The summed E-state index contributed by atoms with van der Waals surface area (Å²) < 4.78 is 1.10. The van der Waals surface area contributed by atoms with Gasteiger partial charge in [0.15, 0.2) is 5.78 Å². The van der Waals surface area contributed by atoms with E-state index in [1.807, 2.05) is 24.3 Å². The molecule has 0 bridgehead atoms. The van der Waals surface area contributed by atoms with E-state index in [-0.39, 0.29) is 12.2 Å². The molecule has 3 nitrogen and oxygen atoms in total. The molecular weight excluding hydrogens is 258 g/mol. The molecule has 1 aliphatic carbocycles. The Balaban J connectivity index is 1.78. The highest BCUT2D eigenvalue weighted by atomic mass is 32.1. The van der Waals surface area contributed by atoms with Gasteiger partial charge >= 0.3 is 0 Å². The van der Waals surface area contributed by atoms with Crippen molar-refractivity contribution in [2.75, 3.05) is 0 Å². The van der Waals surface area contributed by atoms with Crippen molar-refractivity contribution < 1.29 is 9.90 Å². The second kappa shape index (κ2) is 5.02. The highest BCUT2D eigenvalue weighted by Crippen LogP contribution is 2.31. The van der Waals surface area contributed by atoms with Gasteiger partial charge in [-0.3, -0.25) is 4.79 Å². The van der Waals surface area contributed by atoms with Crippen molar-refractivity contribution in [1.29, 1.82) is 0 Å². The molecule has 0 radical (unpaired) electrons. The highest BCUT2D eigenvalue weighted by Gasteiger charge is 2.36. The average Bonchev–Trinajstić information content (AvgIpc) is 2.81. The third-order valence-corrected chi connectivity index (χ3v) is 4.89. The zero-order valence-electron chi connectivity index (χ0n) is 10.8. The summed E-state index contributed by atoms with van der Waals surface area (Å²) in [7, 11) is 0. The molecule has 1 aliphatic rings. The van der Waals surface area contributed by atoms with Gasteiger partial charge in [0.25, 0.3) is 0 Å². The molecule has 100 valence electrons. The van der Waals surface area contributed by atoms with E-state index in [4.69, 9.17) is 0 Å². The number of hydrogen-bond acceptors (Lipinski definition) is 4. The van der Waals surface area contributed by atoms with Crippen LogP contribution in [-0.4, -0.2) is 21.5 Å². The fourth-order valence-corrected chi connectivity index (χ4v) is 3.68. The third kappa shape index (κ3) is 2.55. The Morgan fingerprint density at radius 3 is 2.74 bits per heavy atom. The molecule has 1 aromatic carbocycles. The Labute approximate surface area is 116 Å². The summed E-state index contributed by atoms with van der Waals surface area (Å²) in [5, 5.41) is 11.2. The van der Waals surface area contributed by atoms with Crippen molar-refractivity contribution in [3.8, 4) is 0 Å². The molecule has 0 saturated heterocycles. The van der Waals surface area contributed by atoms with Crippen LogP contribution in [0, 0.1) is 0 Å². The molecule has 1 N–H and O–H groups in total. The van der Waals surface area contributed by atoms with Gasteiger partial charge in [0.1, 0.15) is 10.6 Å². The van der Waals surface area contributed by atoms with Crippen LogP contribution in [0.5, 0.6) is 0 Å². The molecule has 2 aromatic rings. The van der Waals surface area contributed by atoms with Crippen LogP contribution in [0.25, 0.3) is 10.2 Å². The van der Waals surface area contributed by atoms with Crippen molar-refractivity contribution in [3.05, 3.63) is 29.3 Å². The molecule has 0 amide bonds. The first-order valence-corrected chi connectivity index (χ1v) is 7.59. The monoisotopic (exact) mass is 275 g/mol. The van der Waals surface area contributed by atoms with Gasteiger partial charge in [-0.1, -0.05) is 31.4 Å². The van der Waals surface area contributed by atoms with Crippen LogP contribution < -0.4 is 0 Å². The smallest absolute Gasteiger partial charge is 0.171 e. The molecule has 1 heterocycles. The van der Waals surface area contributed by atoms with E-state index in [0.29, 0.717) is 12.8 Å². The molecular formula is C15H17NO2S. The number of aromatic nitrogens is 1. The van der Waals surface area contributed by atoms with E-state index >= 15 is 0 Å². The number of benzene rings is 1. The number of rotatable bonds is 3. The molecule has 0 aliphatic heterocycles. The van der Waals surface area contributed by atoms with Gasteiger partial charge in [-0.05, 0) is 25.0 Å². The minimum atomic E-state index is -1.10.